The van der Waals surface area contributed by atoms with Crippen LogP contribution in [0.2, 0.25) is 0 Å². The van der Waals surface area contributed by atoms with Crippen molar-refractivity contribution in [3.05, 3.63) is 35.9 Å². The zero-order valence-corrected chi connectivity index (χ0v) is 5.86. The topological polar surface area (TPSA) is 0 Å². The maximum atomic E-state index is 5.52. The molecule has 1 heteroatoms. The van der Waals surface area contributed by atoms with Gasteiger partial charge in [0.05, 0.1) is 0 Å². The molecule has 1 radical (unpaired) electrons. The molecule has 1 rings (SSSR count). The summed E-state index contributed by atoms with van der Waals surface area (Å²) < 4.78 is 0. The van der Waals surface area contributed by atoms with Crippen molar-refractivity contribution in [2.75, 3.05) is 5.88 Å². The van der Waals surface area contributed by atoms with Gasteiger partial charge in [-0.1, -0.05) is 24.3 Å². The monoisotopic (exact) mass is 139 g/mol. The standard InChI is InChI=1S/C8H8Cl/c9-7-6-8-4-2-1-3-5-8/h1-2,4-5H,6-7H2. The summed E-state index contributed by atoms with van der Waals surface area (Å²) in [5, 5.41) is 0. The molecule has 0 atom stereocenters. The van der Waals surface area contributed by atoms with E-state index in [0.29, 0.717) is 5.88 Å². The summed E-state index contributed by atoms with van der Waals surface area (Å²) in [4.78, 5) is 0. The van der Waals surface area contributed by atoms with E-state index in [1.54, 1.807) is 0 Å². The van der Waals surface area contributed by atoms with E-state index in [1.165, 1.54) is 5.56 Å². The van der Waals surface area contributed by atoms with Crippen molar-refractivity contribution in [2.45, 2.75) is 6.42 Å². The summed E-state index contributed by atoms with van der Waals surface area (Å²) in [6.45, 7) is 0. The van der Waals surface area contributed by atoms with Crippen molar-refractivity contribution in [2.24, 2.45) is 0 Å². The van der Waals surface area contributed by atoms with E-state index in [0.717, 1.165) is 6.42 Å². The van der Waals surface area contributed by atoms with Crippen LogP contribution < -0.4 is 0 Å². The Morgan fingerprint density at radius 2 is 2.44 bits per heavy atom. The minimum atomic E-state index is 0.692. The highest BCUT2D eigenvalue weighted by atomic mass is 35.5. The Kier molecular flexibility index (Phi) is 2.59. The average Bonchev–Trinajstić information content (AvgIpc) is 1.91. The highest BCUT2D eigenvalue weighted by Crippen LogP contribution is 1.98. The molecule has 0 nitrogen and oxygen atoms in total. The first kappa shape index (κ1) is 6.63. The molecular weight excluding hydrogens is 132 g/mol. The highest BCUT2D eigenvalue weighted by molar-refractivity contribution is 6.17. The van der Waals surface area contributed by atoms with Gasteiger partial charge in [0.15, 0.2) is 0 Å². The molecule has 47 valence electrons. The minimum absolute atomic E-state index is 0.692. The molecule has 0 saturated carbocycles. The number of alkyl halides is 1. The van der Waals surface area contributed by atoms with Gasteiger partial charge in [0, 0.05) is 5.88 Å². The Balaban J connectivity index is 2.61. The second kappa shape index (κ2) is 3.52. The smallest absolute Gasteiger partial charge is 0.0263 e. The highest BCUT2D eigenvalue weighted by Gasteiger charge is 1.85. The first-order valence-corrected chi connectivity index (χ1v) is 3.48. The lowest BCUT2D eigenvalue weighted by atomic mass is 10.2. The molecule has 0 aliphatic rings. The molecule has 0 spiro atoms. The summed E-state index contributed by atoms with van der Waals surface area (Å²) in [5.41, 5.74) is 1.26. The van der Waals surface area contributed by atoms with Gasteiger partial charge in [0.2, 0.25) is 0 Å². The summed E-state index contributed by atoms with van der Waals surface area (Å²) in [5.74, 6) is 0.692. The number of hydrogen-bond acceptors (Lipinski definition) is 0. The second-order valence-corrected chi connectivity index (χ2v) is 2.23. The molecule has 0 bridgehead atoms. The van der Waals surface area contributed by atoms with Gasteiger partial charge in [-0.2, -0.15) is 0 Å². The largest absolute Gasteiger partial charge is 0.126 e. The van der Waals surface area contributed by atoms with Crippen LogP contribution in [0.3, 0.4) is 0 Å². The lowest BCUT2D eigenvalue weighted by molar-refractivity contribution is 1.15. The zero-order chi connectivity index (χ0) is 6.53. The summed E-state index contributed by atoms with van der Waals surface area (Å²) in [6.07, 6.45) is 0.943. The Hall–Kier alpha value is -0.490. The van der Waals surface area contributed by atoms with Crippen molar-refractivity contribution < 1.29 is 0 Å². The van der Waals surface area contributed by atoms with E-state index in [2.05, 4.69) is 12.1 Å². The predicted octanol–water partition coefficient (Wildman–Crippen LogP) is 2.27. The second-order valence-electron chi connectivity index (χ2n) is 1.85. The van der Waals surface area contributed by atoms with Gasteiger partial charge in [-0.25, -0.2) is 0 Å². The molecule has 1 aromatic rings. The predicted molar refractivity (Wildman–Crippen MR) is 39.7 cm³/mol. The molecule has 0 heterocycles. The molecule has 0 unspecified atom stereocenters. The van der Waals surface area contributed by atoms with E-state index in [-0.39, 0.29) is 0 Å². The normalized spacial score (nSPS) is 9.44. The third kappa shape index (κ3) is 2.06. The first-order chi connectivity index (χ1) is 4.43. The molecule has 0 aromatic heterocycles. The Bertz CT molecular complexity index is 157. The summed E-state index contributed by atoms with van der Waals surface area (Å²) in [7, 11) is 0. The Morgan fingerprint density at radius 3 is 3.00 bits per heavy atom. The van der Waals surface area contributed by atoms with Crippen molar-refractivity contribution >= 4 is 11.6 Å². The zero-order valence-electron chi connectivity index (χ0n) is 5.10. The Labute approximate surface area is 60.5 Å². The van der Waals surface area contributed by atoms with Gasteiger partial charge in [0.25, 0.3) is 0 Å². The van der Waals surface area contributed by atoms with Crippen molar-refractivity contribution in [3.8, 4) is 0 Å². The molecule has 0 aliphatic heterocycles. The van der Waals surface area contributed by atoms with Crippen LogP contribution in [0.4, 0.5) is 0 Å². The van der Waals surface area contributed by atoms with Gasteiger partial charge < -0.3 is 0 Å². The van der Waals surface area contributed by atoms with Gasteiger partial charge in [-0.15, -0.1) is 11.6 Å². The minimum Gasteiger partial charge on any atom is -0.126 e. The van der Waals surface area contributed by atoms with Crippen molar-refractivity contribution in [3.63, 3.8) is 0 Å². The summed E-state index contributed by atoms with van der Waals surface area (Å²) in [6, 6.07) is 10.9. The maximum Gasteiger partial charge on any atom is 0.0263 e. The maximum absolute atomic E-state index is 5.52. The van der Waals surface area contributed by atoms with E-state index in [4.69, 9.17) is 11.6 Å². The fraction of sp³-hybridized carbons (Fsp3) is 0.250. The van der Waals surface area contributed by atoms with Gasteiger partial charge in [0.1, 0.15) is 0 Å². The van der Waals surface area contributed by atoms with Crippen LogP contribution >= 0.6 is 11.6 Å². The third-order valence-corrected chi connectivity index (χ3v) is 1.34. The molecule has 0 saturated heterocycles. The van der Waals surface area contributed by atoms with Crippen molar-refractivity contribution in [1.82, 2.24) is 0 Å². The lowest BCUT2D eigenvalue weighted by Crippen LogP contribution is -1.82. The van der Waals surface area contributed by atoms with Gasteiger partial charge in [-0.05, 0) is 18.1 Å². The molecule has 0 amide bonds. The average molecular weight is 140 g/mol. The number of hydrogen-bond donors (Lipinski definition) is 0. The number of halogens is 1. The van der Waals surface area contributed by atoms with E-state index in [9.17, 15) is 0 Å². The third-order valence-electron chi connectivity index (χ3n) is 1.15. The SMILES string of the molecule is ClCCc1c[c]ccc1. The van der Waals surface area contributed by atoms with Crippen LogP contribution in [-0.4, -0.2) is 5.88 Å². The van der Waals surface area contributed by atoms with E-state index >= 15 is 0 Å². The van der Waals surface area contributed by atoms with Crippen LogP contribution in [0.1, 0.15) is 5.56 Å². The number of benzene rings is 1. The van der Waals surface area contributed by atoms with Crippen LogP contribution in [-0.2, 0) is 6.42 Å². The molecule has 0 N–H and O–H groups in total. The van der Waals surface area contributed by atoms with Crippen LogP contribution in [0.15, 0.2) is 24.3 Å². The molecule has 0 fully saturated rings. The molecule has 9 heavy (non-hydrogen) atoms. The van der Waals surface area contributed by atoms with Gasteiger partial charge >= 0.3 is 0 Å². The van der Waals surface area contributed by atoms with Crippen LogP contribution in [0, 0.1) is 6.07 Å². The lowest BCUT2D eigenvalue weighted by Gasteiger charge is -1.92. The molecule has 0 aliphatic carbocycles. The van der Waals surface area contributed by atoms with E-state index in [1.807, 2.05) is 18.2 Å². The van der Waals surface area contributed by atoms with Crippen LogP contribution in [0.5, 0.6) is 0 Å². The van der Waals surface area contributed by atoms with Crippen molar-refractivity contribution in [1.29, 1.82) is 0 Å². The van der Waals surface area contributed by atoms with Crippen LogP contribution in [0.25, 0.3) is 0 Å². The fourth-order valence-electron chi connectivity index (χ4n) is 0.695. The number of aryl methyl sites for hydroxylation is 1. The fourth-order valence-corrected chi connectivity index (χ4v) is 0.913. The molecule has 1 aromatic carbocycles. The first-order valence-electron chi connectivity index (χ1n) is 2.94. The summed E-state index contributed by atoms with van der Waals surface area (Å²) >= 11 is 5.52. The Morgan fingerprint density at radius 1 is 1.56 bits per heavy atom. The molecular formula is C8H8Cl. The number of rotatable bonds is 2. The van der Waals surface area contributed by atoms with E-state index < -0.39 is 0 Å². The van der Waals surface area contributed by atoms with Gasteiger partial charge in [-0.3, -0.25) is 0 Å². The quantitative estimate of drug-likeness (QED) is 0.552.